The zero-order valence-electron chi connectivity index (χ0n) is 16.0. The third kappa shape index (κ3) is 5.04. The molecule has 0 saturated carbocycles. The number of sulfonamides is 1. The van der Waals surface area contributed by atoms with Gasteiger partial charge in [-0.25, -0.2) is 12.8 Å². The third-order valence-corrected chi connectivity index (χ3v) is 6.31. The summed E-state index contributed by atoms with van der Waals surface area (Å²) in [6.45, 7) is 7.66. The largest absolute Gasteiger partial charge is 0.344 e. The number of carbonyl (C=O) groups excluding carboxylic acids is 2. The van der Waals surface area contributed by atoms with Crippen LogP contribution in [0.2, 0.25) is 0 Å². The Balaban J connectivity index is 1.97. The molecule has 27 heavy (non-hydrogen) atoms. The maximum atomic E-state index is 13.0. The third-order valence-electron chi connectivity index (χ3n) is 4.40. The Hall–Kier alpha value is -2.00. The van der Waals surface area contributed by atoms with Crippen molar-refractivity contribution >= 4 is 21.8 Å². The topological polar surface area (TPSA) is 86.8 Å². The fraction of sp³-hybridized carbons (Fsp3) is 0.556. The van der Waals surface area contributed by atoms with Crippen molar-refractivity contribution in [3.63, 3.8) is 0 Å². The van der Waals surface area contributed by atoms with Crippen LogP contribution in [0.25, 0.3) is 0 Å². The molecule has 0 spiro atoms. The molecule has 0 unspecified atom stereocenters. The van der Waals surface area contributed by atoms with Crippen LogP contribution in [0.1, 0.15) is 27.7 Å². The lowest BCUT2D eigenvalue weighted by molar-refractivity contribution is -0.139. The van der Waals surface area contributed by atoms with Gasteiger partial charge in [-0.1, -0.05) is 20.8 Å². The Bertz CT molecular complexity index is 795. The Morgan fingerprint density at radius 1 is 1.07 bits per heavy atom. The molecule has 2 rings (SSSR count). The van der Waals surface area contributed by atoms with Gasteiger partial charge in [0, 0.05) is 31.6 Å². The number of hydrogen-bond acceptors (Lipinski definition) is 4. The number of piperazine rings is 1. The Labute approximate surface area is 159 Å². The number of nitrogens with zero attached hydrogens (tertiary/aromatic N) is 2. The fourth-order valence-electron chi connectivity index (χ4n) is 2.65. The van der Waals surface area contributed by atoms with E-state index in [-0.39, 0.29) is 42.9 Å². The van der Waals surface area contributed by atoms with E-state index in [1.807, 2.05) is 0 Å². The minimum Gasteiger partial charge on any atom is -0.344 e. The SMILES string of the molecule is C[C@H](NC(=O)C(C)(C)C)C(=O)N1CCN(S(=O)(=O)c2ccc(F)cc2)CC1. The maximum Gasteiger partial charge on any atom is 0.244 e. The summed E-state index contributed by atoms with van der Waals surface area (Å²) >= 11 is 0. The molecule has 1 fully saturated rings. The second-order valence-corrected chi connectivity index (χ2v) is 9.57. The van der Waals surface area contributed by atoms with Crippen molar-refractivity contribution in [2.75, 3.05) is 26.2 Å². The van der Waals surface area contributed by atoms with Gasteiger partial charge in [0.15, 0.2) is 0 Å². The normalized spacial score (nSPS) is 17.4. The molecule has 0 bridgehead atoms. The van der Waals surface area contributed by atoms with Gasteiger partial charge in [0.25, 0.3) is 0 Å². The van der Waals surface area contributed by atoms with Gasteiger partial charge in [-0.2, -0.15) is 4.31 Å². The Morgan fingerprint density at radius 3 is 2.07 bits per heavy atom. The average molecular weight is 399 g/mol. The number of amides is 2. The minimum atomic E-state index is -3.73. The predicted octanol–water partition coefficient (Wildman–Crippen LogP) is 1.21. The summed E-state index contributed by atoms with van der Waals surface area (Å²) < 4.78 is 39.5. The number of carbonyl (C=O) groups is 2. The zero-order chi connectivity index (χ0) is 20.4. The number of benzene rings is 1. The molecule has 9 heteroatoms. The van der Waals surface area contributed by atoms with E-state index < -0.39 is 27.3 Å². The molecule has 1 aliphatic rings. The van der Waals surface area contributed by atoms with Gasteiger partial charge in [0.05, 0.1) is 4.90 Å². The molecule has 1 aromatic carbocycles. The fourth-order valence-corrected chi connectivity index (χ4v) is 4.08. The molecule has 1 aromatic rings. The van der Waals surface area contributed by atoms with Gasteiger partial charge >= 0.3 is 0 Å². The number of nitrogens with one attached hydrogen (secondary N) is 1. The highest BCUT2D eigenvalue weighted by atomic mass is 32.2. The second-order valence-electron chi connectivity index (χ2n) is 7.63. The average Bonchev–Trinajstić information content (AvgIpc) is 2.60. The smallest absolute Gasteiger partial charge is 0.244 e. The van der Waals surface area contributed by atoms with Crippen LogP contribution in [0.4, 0.5) is 4.39 Å². The molecule has 1 aliphatic heterocycles. The summed E-state index contributed by atoms with van der Waals surface area (Å²) in [7, 11) is -3.73. The van der Waals surface area contributed by atoms with Gasteiger partial charge < -0.3 is 10.2 Å². The molecule has 0 radical (unpaired) electrons. The molecule has 1 heterocycles. The van der Waals surface area contributed by atoms with Crippen LogP contribution < -0.4 is 5.32 Å². The number of hydrogen-bond donors (Lipinski definition) is 1. The summed E-state index contributed by atoms with van der Waals surface area (Å²) in [6.07, 6.45) is 0. The van der Waals surface area contributed by atoms with Crippen LogP contribution in [0.5, 0.6) is 0 Å². The van der Waals surface area contributed by atoms with Crippen molar-refractivity contribution in [1.29, 1.82) is 0 Å². The first-order valence-corrected chi connectivity index (χ1v) is 10.2. The van der Waals surface area contributed by atoms with Crippen LogP contribution in [-0.2, 0) is 19.6 Å². The molecule has 0 aliphatic carbocycles. The monoisotopic (exact) mass is 399 g/mol. The maximum absolute atomic E-state index is 13.0. The van der Waals surface area contributed by atoms with Crippen molar-refractivity contribution in [2.24, 2.45) is 5.41 Å². The van der Waals surface area contributed by atoms with E-state index >= 15 is 0 Å². The Morgan fingerprint density at radius 2 is 1.59 bits per heavy atom. The van der Waals surface area contributed by atoms with Crippen LogP contribution >= 0.6 is 0 Å². The summed E-state index contributed by atoms with van der Waals surface area (Å²) in [5.74, 6) is -0.969. The van der Waals surface area contributed by atoms with Gasteiger partial charge in [-0.3, -0.25) is 9.59 Å². The summed E-state index contributed by atoms with van der Waals surface area (Å²) in [6, 6.07) is 3.98. The molecular weight excluding hydrogens is 373 g/mol. The van der Waals surface area contributed by atoms with Crippen LogP contribution in [0.3, 0.4) is 0 Å². The van der Waals surface area contributed by atoms with E-state index in [1.165, 1.54) is 16.4 Å². The van der Waals surface area contributed by atoms with E-state index in [1.54, 1.807) is 32.6 Å². The standard InChI is InChI=1S/C18H26FN3O4S/c1-13(20-17(24)18(2,3)4)16(23)21-9-11-22(12-10-21)27(25,26)15-7-5-14(19)6-8-15/h5-8,13H,9-12H2,1-4H3,(H,20,24)/t13-/m0/s1. The van der Waals surface area contributed by atoms with E-state index in [0.29, 0.717) is 0 Å². The van der Waals surface area contributed by atoms with Crippen LogP contribution in [-0.4, -0.2) is 61.7 Å². The van der Waals surface area contributed by atoms with Gasteiger partial charge in [0.1, 0.15) is 11.9 Å². The molecule has 1 saturated heterocycles. The lowest BCUT2D eigenvalue weighted by atomic mass is 9.95. The molecule has 0 aromatic heterocycles. The van der Waals surface area contributed by atoms with Crippen LogP contribution in [0, 0.1) is 11.2 Å². The van der Waals surface area contributed by atoms with Crippen molar-refractivity contribution in [3.8, 4) is 0 Å². The second kappa shape index (κ2) is 7.93. The molecule has 7 nitrogen and oxygen atoms in total. The van der Waals surface area contributed by atoms with Crippen molar-refractivity contribution < 1.29 is 22.4 Å². The Kier molecular flexibility index (Phi) is 6.26. The quantitative estimate of drug-likeness (QED) is 0.825. The molecule has 150 valence electrons. The van der Waals surface area contributed by atoms with Gasteiger partial charge in [-0.15, -0.1) is 0 Å². The molecule has 2 amide bonds. The molecule has 1 N–H and O–H groups in total. The lowest BCUT2D eigenvalue weighted by Gasteiger charge is -2.35. The van der Waals surface area contributed by atoms with E-state index in [9.17, 15) is 22.4 Å². The predicted molar refractivity (Wildman–Crippen MR) is 98.8 cm³/mol. The highest BCUT2D eigenvalue weighted by molar-refractivity contribution is 7.89. The minimum absolute atomic E-state index is 0.0227. The highest BCUT2D eigenvalue weighted by Crippen LogP contribution is 2.18. The van der Waals surface area contributed by atoms with E-state index in [0.717, 1.165) is 12.1 Å². The summed E-state index contributed by atoms with van der Waals surface area (Å²) in [5.41, 5.74) is -0.601. The highest BCUT2D eigenvalue weighted by Gasteiger charge is 2.32. The first kappa shape index (κ1) is 21.3. The van der Waals surface area contributed by atoms with Gasteiger partial charge in [-0.05, 0) is 31.2 Å². The zero-order valence-corrected chi connectivity index (χ0v) is 16.8. The summed E-state index contributed by atoms with van der Waals surface area (Å²) in [4.78, 5) is 26.1. The van der Waals surface area contributed by atoms with E-state index in [2.05, 4.69) is 5.32 Å². The first-order valence-electron chi connectivity index (χ1n) is 8.78. The number of halogens is 1. The summed E-state index contributed by atoms with van der Waals surface area (Å²) in [5, 5.41) is 2.69. The number of rotatable bonds is 4. The molecule has 1 atom stereocenters. The lowest BCUT2D eigenvalue weighted by Crippen LogP contribution is -2.55. The van der Waals surface area contributed by atoms with Gasteiger partial charge in [0.2, 0.25) is 21.8 Å². The molecular formula is C18H26FN3O4S. The van der Waals surface area contributed by atoms with Crippen LogP contribution in [0.15, 0.2) is 29.2 Å². The van der Waals surface area contributed by atoms with Crippen molar-refractivity contribution in [3.05, 3.63) is 30.1 Å². The van der Waals surface area contributed by atoms with E-state index in [4.69, 9.17) is 0 Å². The first-order chi connectivity index (χ1) is 12.4. The van der Waals surface area contributed by atoms with Crippen molar-refractivity contribution in [2.45, 2.75) is 38.6 Å². The van der Waals surface area contributed by atoms with Crippen molar-refractivity contribution in [1.82, 2.24) is 14.5 Å².